The summed E-state index contributed by atoms with van der Waals surface area (Å²) in [6.45, 7) is 0.00134. The van der Waals surface area contributed by atoms with E-state index >= 15 is 0 Å². The van der Waals surface area contributed by atoms with Gasteiger partial charge in [-0.15, -0.1) is 0 Å². The third-order valence-electron chi connectivity index (χ3n) is 4.51. The van der Waals surface area contributed by atoms with E-state index in [1.54, 1.807) is 12.1 Å². The van der Waals surface area contributed by atoms with Crippen LogP contribution in [0.25, 0.3) is 0 Å². The van der Waals surface area contributed by atoms with Crippen LogP contribution in [-0.4, -0.2) is 57.0 Å². The standard InChI is InChI=1S/C19H21F2N3O6S/c20-13-4-5-15(21)16(11-13)31(27,28)24-8-2-10-30-17(24)12-23-19(26)18(25)22-7-6-14-3-1-9-29-14/h1,3-5,9,11,17H,2,6-8,10,12H2,(H,22,25)(H,23,26)/t17-/m0/s1. The molecule has 1 aliphatic heterocycles. The molecule has 1 aromatic carbocycles. The lowest BCUT2D eigenvalue weighted by Gasteiger charge is -2.34. The first kappa shape index (κ1) is 22.8. The van der Waals surface area contributed by atoms with Gasteiger partial charge in [-0.2, -0.15) is 4.31 Å². The third kappa shape index (κ3) is 5.66. The van der Waals surface area contributed by atoms with E-state index in [1.165, 1.54) is 6.26 Å². The second-order valence-corrected chi connectivity index (χ2v) is 8.52. The number of nitrogens with one attached hydrogen (secondary N) is 2. The van der Waals surface area contributed by atoms with Crippen molar-refractivity contribution < 1.29 is 35.9 Å². The number of sulfonamides is 1. The van der Waals surface area contributed by atoms with Crippen LogP contribution in [0.2, 0.25) is 0 Å². The number of carbonyl (C=O) groups is 2. The van der Waals surface area contributed by atoms with E-state index in [2.05, 4.69) is 10.6 Å². The van der Waals surface area contributed by atoms with E-state index in [4.69, 9.17) is 9.15 Å². The van der Waals surface area contributed by atoms with Gasteiger partial charge < -0.3 is 19.8 Å². The summed E-state index contributed by atoms with van der Waals surface area (Å²) in [4.78, 5) is 23.1. The van der Waals surface area contributed by atoms with Gasteiger partial charge in [0.1, 0.15) is 28.5 Å². The fourth-order valence-electron chi connectivity index (χ4n) is 3.00. The number of halogens is 2. The Labute approximate surface area is 177 Å². The number of ether oxygens (including phenoxy) is 1. The zero-order chi connectivity index (χ0) is 22.4. The minimum Gasteiger partial charge on any atom is -0.469 e. The van der Waals surface area contributed by atoms with E-state index in [-0.39, 0.29) is 26.2 Å². The summed E-state index contributed by atoms with van der Waals surface area (Å²) in [5, 5.41) is 4.72. The summed E-state index contributed by atoms with van der Waals surface area (Å²) in [6, 6.07) is 5.54. The smallest absolute Gasteiger partial charge is 0.309 e. The highest BCUT2D eigenvalue weighted by molar-refractivity contribution is 7.89. The van der Waals surface area contributed by atoms with Crippen LogP contribution in [0, 0.1) is 11.6 Å². The molecule has 2 amide bonds. The number of benzene rings is 1. The molecule has 0 aliphatic carbocycles. The van der Waals surface area contributed by atoms with Crippen molar-refractivity contribution >= 4 is 21.8 Å². The molecule has 3 rings (SSSR count). The van der Waals surface area contributed by atoms with Gasteiger partial charge in [-0.1, -0.05) is 0 Å². The minimum atomic E-state index is -4.44. The Kier molecular flexibility index (Phi) is 7.36. The lowest BCUT2D eigenvalue weighted by molar-refractivity contribution is -0.140. The second-order valence-electron chi connectivity index (χ2n) is 6.66. The summed E-state index contributed by atoms with van der Waals surface area (Å²) in [5.41, 5.74) is 0. The van der Waals surface area contributed by atoms with Gasteiger partial charge in [-0.25, -0.2) is 17.2 Å². The molecule has 1 aliphatic rings. The number of nitrogens with zero attached hydrogens (tertiary/aromatic N) is 1. The van der Waals surface area contributed by atoms with Crippen LogP contribution in [0.4, 0.5) is 8.78 Å². The summed E-state index contributed by atoms with van der Waals surface area (Å²) >= 11 is 0. The maximum Gasteiger partial charge on any atom is 0.309 e. The molecule has 0 radical (unpaired) electrons. The number of carbonyl (C=O) groups excluding carboxylic acids is 2. The van der Waals surface area contributed by atoms with E-state index in [0.29, 0.717) is 24.7 Å². The van der Waals surface area contributed by atoms with Crippen molar-refractivity contribution in [1.82, 2.24) is 14.9 Å². The van der Waals surface area contributed by atoms with Gasteiger partial charge in [-0.05, 0) is 36.8 Å². The normalized spacial score (nSPS) is 17.3. The maximum atomic E-state index is 14.0. The van der Waals surface area contributed by atoms with Crippen molar-refractivity contribution in [2.75, 3.05) is 26.2 Å². The molecule has 12 heteroatoms. The molecule has 1 aromatic heterocycles. The molecule has 1 atom stereocenters. The van der Waals surface area contributed by atoms with Gasteiger partial charge in [0.15, 0.2) is 0 Å². The lowest BCUT2D eigenvalue weighted by atomic mass is 10.3. The van der Waals surface area contributed by atoms with Crippen molar-refractivity contribution in [2.45, 2.75) is 24.0 Å². The fraction of sp³-hybridized carbons (Fsp3) is 0.368. The predicted octanol–water partition coefficient (Wildman–Crippen LogP) is 0.770. The maximum absolute atomic E-state index is 14.0. The Morgan fingerprint density at radius 2 is 1.94 bits per heavy atom. The molecule has 0 bridgehead atoms. The van der Waals surface area contributed by atoms with Crippen LogP contribution in [0.15, 0.2) is 45.9 Å². The van der Waals surface area contributed by atoms with Crippen LogP contribution >= 0.6 is 0 Å². The van der Waals surface area contributed by atoms with Crippen LogP contribution in [-0.2, 0) is 30.8 Å². The van der Waals surface area contributed by atoms with Gasteiger partial charge in [0, 0.05) is 19.5 Å². The van der Waals surface area contributed by atoms with E-state index in [1.807, 2.05) is 0 Å². The Hall–Kier alpha value is -2.83. The highest BCUT2D eigenvalue weighted by Gasteiger charge is 2.36. The number of amides is 2. The van der Waals surface area contributed by atoms with Crippen LogP contribution in [0.3, 0.4) is 0 Å². The number of furan rings is 1. The molecule has 31 heavy (non-hydrogen) atoms. The lowest BCUT2D eigenvalue weighted by Crippen LogP contribution is -2.53. The predicted molar refractivity (Wildman–Crippen MR) is 103 cm³/mol. The highest BCUT2D eigenvalue weighted by atomic mass is 32.2. The molecular weight excluding hydrogens is 436 g/mol. The van der Waals surface area contributed by atoms with Crippen molar-refractivity contribution in [2.24, 2.45) is 0 Å². The topological polar surface area (TPSA) is 118 Å². The zero-order valence-corrected chi connectivity index (χ0v) is 17.2. The fourth-order valence-corrected chi connectivity index (χ4v) is 4.64. The highest BCUT2D eigenvalue weighted by Crippen LogP contribution is 2.24. The molecule has 0 unspecified atom stereocenters. The molecule has 2 heterocycles. The van der Waals surface area contributed by atoms with E-state index < -0.39 is 44.6 Å². The van der Waals surface area contributed by atoms with Gasteiger partial charge in [0.05, 0.1) is 19.4 Å². The molecule has 0 saturated carbocycles. The summed E-state index contributed by atoms with van der Waals surface area (Å²) in [7, 11) is -4.44. The van der Waals surface area contributed by atoms with Gasteiger partial charge in [-0.3, -0.25) is 9.59 Å². The molecule has 2 aromatic rings. The molecular formula is C19H21F2N3O6S. The van der Waals surface area contributed by atoms with Crippen LogP contribution < -0.4 is 10.6 Å². The van der Waals surface area contributed by atoms with E-state index in [9.17, 15) is 26.8 Å². The van der Waals surface area contributed by atoms with Crippen molar-refractivity contribution in [3.05, 3.63) is 54.0 Å². The van der Waals surface area contributed by atoms with E-state index in [0.717, 1.165) is 16.4 Å². The summed E-state index contributed by atoms with van der Waals surface area (Å²) in [6.07, 6.45) is 1.03. The molecule has 168 valence electrons. The minimum absolute atomic E-state index is 0.0197. The molecule has 2 N–H and O–H groups in total. The van der Waals surface area contributed by atoms with Crippen molar-refractivity contribution in [1.29, 1.82) is 0 Å². The Bertz CT molecular complexity index is 1030. The second kappa shape index (κ2) is 9.98. The first-order valence-corrected chi connectivity index (χ1v) is 10.9. The quantitative estimate of drug-likeness (QED) is 0.593. The molecule has 0 spiro atoms. The number of hydrogen-bond donors (Lipinski definition) is 2. The van der Waals surface area contributed by atoms with Gasteiger partial charge in [0.2, 0.25) is 10.0 Å². The number of rotatable bonds is 7. The first-order valence-electron chi connectivity index (χ1n) is 9.46. The van der Waals surface area contributed by atoms with Crippen LogP contribution in [0.1, 0.15) is 12.2 Å². The third-order valence-corrected chi connectivity index (χ3v) is 6.42. The largest absolute Gasteiger partial charge is 0.469 e. The van der Waals surface area contributed by atoms with Crippen LogP contribution in [0.5, 0.6) is 0 Å². The number of hydrogen-bond acceptors (Lipinski definition) is 6. The van der Waals surface area contributed by atoms with Gasteiger partial charge in [0.25, 0.3) is 0 Å². The first-order chi connectivity index (χ1) is 14.8. The average molecular weight is 457 g/mol. The van der Waals surface area contributed by atoms with Gasteiger partial charge >= 0.3 is 11.8 Å². The molecule has 9 nitrogen and oxygen atoms in total. The zero-order valence-electron chi connectivity index (χ0n) is 16.3. The molecule has 1 saturated heterocycles. The van der Waals surface area contributed by atoms with Crippen molar-refractivity contribution in [3.63, 3.8) is 0 Å². The Morgan fingerprint density at radius 1 is 1.16 bits per heavy atom. The monoisotopic (exact) mass is 457 g/mol. The Balaban J connectivity index is 1.59. The summed E-state index contributed by atoms with van der Waals surface area (Å²) in [5.74, 6) is -3.27. The molecule has 1 fully saturated rings. The SMILES string of the molecule is O=C(NCCc1ccco1)C(=O)NC[C@@H]1OCCCN1S(=O)(=O)c1cc(F)ccc1F. The summed E-state index contributed by atoms with van der Waals surface area (Å²) < 4.78 is 64.6. The van der Waals surface area contributed by atoms with Crippen molar-refractivity contribution in [3.8, 4) is 0 Å². The Morgan fingerprint density at radius 3 is 2.68 bits per heavy atom. The average Bonchev–Trinajstić information content (AvgIpc) is 3.27.